The first-order valence-electron chi connectivity index (χ1n) is 6.41. The zero-order chi connectivity index (χ0) is 14.1. The summed E-state index contributed by atoms with van der Waals surface area (Å²) in [6.45, 7) is 5.07. The number of hydrogen-bond acceptors (Lipinski definition) is 6. The molecule has 104 valence electrons. The zero-order valence-electron chi connectivity index (χ0n) is 11.4. The van der Waals surface area contributed by atoms with Crippen molar-refractivity contribution in [3.63, 3.8) is 0 Å². The molecule has 0 atom stereocenters. The fourth-order valence-corrected chi connectivity index (χ4v) is 2.83. The van der Waals surface area contributed by atoms with Gasteiger partial charge >= 0.3 is 0 Å². The molecule has 20 heavy (non-hydrogen) atoms. The molecule has 0 unspecified atom stereocenters. The van der Waals surface area contributed by atoms with E-state index in [1.807, 2.05) is 0 Å². The number of H-pyrrole nitrogens is 1. The van der Waals surface area contributed by atoms with Crippen LogP contribution in [0.25, 0.3) is 11.0 Å². The SMILES string of the molecule is CC(C)N(Cc1cccs1)c1nc(N)nc2[nH]ncc12. The number of fused-ring (bicyclic) bond motifs is 1. The number of thiophene rings is 1. The van der Waals surface area contributed by atoms with Gasteiger partial charge in [-0.05, 0) is 25.3 Å². The van der Waals surface area contributed by atoms with Crippen LogP contribution in [-0.2, 0) is 6.54 Å². The molecular weight excluding hydrogens is 272 g/mol. The molecule has 0 saturated carbocycles. The summed E-state index contributed by atoms with van der Waals surface area (Å²) < 4.78 is 0. The first-order chi connectivity index (χ1) is 9.65. The van der Waals surface area contributed by atoms with Crippen LogP contribution in [0.4, 0.5) is 11.8 Å². The molecule has 7 heteroatoms. The lowest BCUT2D eigenvalue weighted by Gasteiger charge is -2.27. The molecule has 0 fully saturated rings. The summed E-state index contributed by atoms with van der Waals surface area (Å²) in [6.07, 6.45) is 1.74. The minimum atomic E-state index is 0.258. The predicted molar refractivity (Wildman–Crippen MR) is 81.7 cm³/mol. The molecule has 3 N–H and O–H groups in total. The molecule has 3 aromatic heterocycles. The van der Waals surface area contributed by atoms with E-state index in [1.165, 1.54) is 4.88 Å². The number of rotatable bonds is 4. The molecule has 0 aliphatic carbocycles. The number of nitrogens with two attached hydrogens (primary N) is 1. The Kier molecular flexibility index (Phi) is 3.27. The van der Waals surface area contributed by atoms with E-state index in [-0.39, 0.29) is 5.95 Å². The van der Waals surface area contributed by atoms with Crippen molar-refractivity contribution in [3.05, 3.63) is 28.6 Å². The normalized spacial score (nSPS) is 11.3. The lowest BCUT2D eigenvalue weighted by Crippen LogP contribution is -2.31. The summed E-state index contributed by atoms with van der Waals surface area (Å²) >= 11 is 1.74. The third-order valence-corrected chi connectivity index (χ3v) is 3.97. The summed E-state index contributed by atoms with van der Waals surface area (Å²) in [6, 6.07) is 4.47. The summed E-state index contributed by atoms with van der Waals surface area (Å²) in [5.74, 6) is 1.08. The quantitative estimate of drug-likeness (QED) is 0.770. The summed E-state index contributed by atoms with van der Waals surface area (Å²) in [5, 5.41) is 9.85. The van der Waals surface area contributed by atoms with Gasteiger partial charge in [-0.3, -0.25) is 5.10 Å². The van der Waals surface area contributed by atoms with Gasteiger partial charge < -0.3 is 10.6 Å². The molecule has 0 aliphatic heterocycles. The molecule has 0 aromatic carbocycles. The molecule has 0 radical (unpaired) electrons. The molecule has 0 spiro atoms. The van der Waals surface area contributed by atoms with Gasteiger partial charge in [0.15, 0.2) is 5.65 Å². The topological polar surface area (TPSA) is 83.7 Å². The van der Waals surface area contributed by atoms with E-state index in [1.54, 1.807) is 17.5 Å². The Balaban J connectivity index is 2.07. The third kappa shape index (κ3) is 2.32. The van der Waals surface area contributed by atoms with Crippen molar-refractivity contribution in [2.24, 2.45) is 0 Å². The summed E-state index contributed by atoms with van der Waals surface area (Å²) in [5.41, 5.74) is 6.47. The Hall–Kier alpha value is -2.15. The highest BCUT2D eigenvalue weighted by molar-refractivity contribution is 7.09. The second kappa shape index (κ2) is 5.09. The van der Waals surface area contributed by atoms with E-state index in [0.29, 0.717) is 11.7 Å². The van der Waals surface area contributed by atoms with Crippen molar-refractivity contribution in [1.29, 1.82) is 0 Å². The smallest absolute Gasteiger partial charge is 0.224 e. The highest BCUT2D eigenvalue weighted by atomic mass is 32.1. The highest BCUT2D eigenvalue weighted by Crippen LogP contribution is 2.27. The molecule has 3 rings (SSSR count). The van der Waals surface area contributed by atoms with Gasteiger partial charge in [-0.15, -0.1) is 11.3 Å². The molecule has 6 nitrogen and oxygen atoms in total. The van der Waals surface area contributed by atoms with Gasteiger partial charge in [0.25, 0.3) is 0 Å². The second-order valence-electron chi connectivity index (χ2n) is 4.84. The lowest BCUT2D eigenvalue weighted by molar-refractivity contribution is 0.680. The van der Waals surface area contributed by atoms with Gasteiger partial charge in [0.05, 0.1) is 18.1 Å². The average Bonchev–Trinajstić information content (AvgIpc) is 3.05. The van der Waals surface area contributed by atoms with Gasteiger partial charge in [-0.25, -0.2) is 0 Å². The van der Waals surface area contributed by atoms with Gasteiger partial charge in [-0.2, -0.15) is 15.1 Å². The van der Waals surface area contributed by atoms with E-state index < -0.39 is 0 Å². The Morgan fingerprint density at radius 3 is 2.95 bits per heavy atom. The van der Waals surface area contributed by atoms with Crippen LogP contribution in [0.15, 0.2) is 23.7 Å². The monoisotopic (exact) mass is 288 g/mol. The number of aromatic nitrogens is 4. The fourth-order valence-electron chi connectivity index (χ4n) is 2.13. The Morgan fingerprint density at radius 1 is 1.40 bits per heavy atom. The second-order valence-corrected chi connectivity index (χ2v) is 5.87. The van der Waals surface area contributed by atoms with Crippen molar-refractivity contribution in [2.75, 3.05) is 10.6 Å². The van der Waals surface area contributed by atoms with Gasteiger partial charge in [-0.1, -0.05) is 6.07 Å². The predicted octanol–water partition coefficient (Wildman–Crippen LogP) is 2.41. The lowest BCUT2D eigenvalue weighted by atomic mass is 10.2. The van der Waals surface area contributed by atoms with E-state index in [9.17, 15) is 0 Å². The van der Waals surface area contributed by atoms with E-state index in [2.05, 4.69) is 56.4 Å². The van der Waals surface area contributed by atoms with Crippen molar-refractivity contribution >= 4 is 34.1 Å². The molecule has 0 bridgehead atoms. The minimum absolute atomic E-state index is 0.258. The number of nitrogen functional groups attached to an aromatic ring is 1. The van der Waals surface area contributed by atoms with Crippen LogP contribution in [-0.4, -0.2) is 26.2 Å². The van der Waals surface area contributed by atoms with Crippen molar-refractivity contribution < 1.29 is 0 Å². The van der Waals surface area contributed by atoms with Gasteiger partial charge in [0, 0.05) is 10.9 Å². The Labute approximate surface area is 120 Å². The molecule has 0 amide bonds. The van der Waals surface area contributed by atoms with Crippen LogP contribution in [0.1, 0.15) is 18.7 Å². The largest absolute Gasteiger partial charge is 0.368 e. The van der Waals surface area contributed by atoms with Crippen molar-refractivity contribution in [2.45, 2.75) is 26.4 Å². The van der Waals surface area contributed by atoms with E-state index in [4.69, 9.17) is 5.73 Å². The standard InChI is InChI=1S/C13H16N6S/c1-8(2)19(7-9-4-3-5-20-9)12-10-6-15-18-11(10)16-13(14)17-12/h3-6,8H,7H2,1-2H3,(H3,14,15,16,17,18). The number of aromatic amines is 1. The van der Waals surface area contributed by atoms with Crippen LogP contribution >= 0.6 is 11.3 Å². The molecule has 0 saturated heterocycles. The number of anilines is 2. The van der Waals surface area contributed by atoms with Crippen LogP contribution < -0.4 is 10.6 Å². The number of nitrogens with one attached hydrogen (secondary N) is 1. The number of nitrogens with zero attached hydrogens (tertiary/aromatic N) is 4. The van der Waals surface area contributed by atoms with Crippen molar-refractivity contribution in [3.8, 4) is 0 Å². The van der Waals surface area contributed by atoms with Crippen LogP contribution in [0.2, 0.25) is 0 Å². The zero-order valence-corrected chi connectivity index (χ0v) is 12.2. The Bertz CT molecular complexity index is 703. The van der Waals surface area contributed by atoms with Gasteiger partial charge in [0.1, 0.15) is 5.82 Å². The summed E-state index contributed by atoms with van der Waals surface area (Å²) in [7, 11) is 0. The first kappa shape index (κ1) is 12.9. The van der Waals surface area contributed by atoms with Crippen LogP contribution in [0, 0.1) is 0 Å². The third-order valence-electron chi connectivity index (χ3n) is 3.11. The molecule has 3 aromatic rings. The number of hydrogen-bond donors (Lipinski definition) is 2. The molecular formula is C13H16N6S. The van der Waals surface area contributed by atoms with Crippen LogP contribution in [0.3, 0.4) is 0 Å². The molecule has 3 heterocycles. The maximum absolute atomic E-state index is 5.80. The van der Waals surface area contributed by atoms with Gasteiger partial charge in [0.2, 0.25) is 5.95 Å². The molecule has 0 aliphatic rings. The highest BCUT2D eigenvalue weighted by Gasteiger charge is 2.18. The van der Waals surface area contributed by atoms with Crippen LogP contribution in [0.5, 0.6) is 0 Å². The Morgan fingerprint density at radius 2 is 2.25 bits per heavy atom. The summed E-state index contributed by atoms with van der Waals surface area (Å²) in [4.78, 5) is 12.1. The average molecular weight is 288 g/mol. The van der Waals surface area contributed by atoms with E-state index in [0.717, 1.165) is 17.7 Å². The fraction of sp³-hybridized carbons (Fsp3) is 0.308. The van der Waals surface area contributed by atoms with Crippen molar-refractivity contribution in [1.82, 2.24) is 20.2 Å². The first-order valence-corrected chi connectivity index (χ1v) is 7.28. The minimum Gasteiger partial charge on any atom is -0.368 e. The van der Waals surface area contributed by atoms with E-state index >= 15 is 0 Å². The maximum atomic E-state index is 5.80. The maximum Gasteiger partial charge on any atom is 0.224 e.